The van der Waals surface area contributed by atoms with Crippen molar-refractivity contribution >= 4 is 34.2 Å². The maximum absolute atomic E-state index is 11.9. The van der Waals surface area contributed by atoms with E-state index in [1.807, 2.05) is 6.07 Å². The van der Waals surface area contributed by atoms with Crippen LogP contribution in [0.15, 0.2) is 28.4 Å². The average Bonchev–Trinajstić information content (AvgIpc) is 2.59. The smallest absolute Gasteiger partial charge is 0.246 e. The third-order valence-corrected chi connectivity index (χ3v) is 4.66. The van der Waals surface area contributed by atoms with E-state index >= 15 is 0 Å². The number of amides is 1. The maximum Gasteiger partial charge on any atom is 0.246 e. The molecule has 2 aliphatic heterocycles. The van der Waals surface area contributed by atoms with Gasteiger partial charge in [-0.25, -0.2) is 4.99 Å². The Morgan fingerprint density at radius 1 is 1.33 bits per heavy atom. The van der Waals surface area contributed by atoms with E-state index in [4.69, 9.17) is 28.8 Å². The number of nitrogens with two attached hydrogens (primary N) is 3. The molecule has 9 heteroatoms. The Bertz CT molecular complexity index is 714. The summed E-state index contributed by atoms with van der Waals surface area (Å²) in [5.41, 5.74) is 17.7. The lowest BCUT2D eigenvalue weighted by molar-refractivity contribution is -0.120. The van der Waals surface area contributed by atoms with Crippen LogP contribution in [0.3, 0.4) is 0 Å². The Morgan fingerprint density at radius 2 is 2.04 bits per heavy atom. The molecule has 6 N–H and O–H groups in total. The van der Waals surface area contributed by atoms with Crippen molar-refractivity contribution in [1.82, 2.24) is 4.98 Å². The first-order valence-corrected chi connectivity index (χ1v) is 8.18. The second kappa shape index (κ2) is 6.37. The number of nitrogens with zero attached hydrogens (tertiary/aromatic N) is 4. The fourth-order valence-corrected chi connectivity index (χ4v) is 3.32. The molecule has 1 aromatic rings. The molecule has 0 radical (unpaired) electrons. The van der Waals surface area contributed by atoms with Crippen molar-refractivity contribution in [3.8, 4) is 0 Å². The zero-order valence-electron chi connectivity index (χ0n) is 13.2. The van der Waals surface area contributed by atoms with Gasteiger partial charge in [0.1, 0.15) is 0 Å². The number of hydrogen-bond acceptors (Lipinski definition) is 7. The van der Waals surface area contributed by atoms with Crippen LogP contribution in [0.1, 0.15) is 24.8 Å². The summed E-state index contributed by atoms with van der Waals surface area (Å²) in [5.74, 6) is -0.745. The van der Waals surface area contributed by atoms with Crippen molar-refractivity contribution in [2.24, 2.45) is 27.2 Å². The van der Waals surface area contributed by atoms with Gasteiger partial charge in [-0.2, -0.15) is 0 Å². The van der Waals surface area contributed by atoms with E-state index < -0.39 is 17.6 Å². The van der Waals surface area contributed by atoms with Gasteiger partial charge in [0.15, 0.2) is 22.7 Å². The lowest BCUT2D eigenvalue weighted by Crippen LogP contribution is -2.56. The van der Waals surface area contributed by atoms with Gasteiger partial charge in [0.2, 0.25) is 5.91 Å². The molecular formula is C15H20ClN7O. The average molecular weight is 350 g/mol. The number of anilines is 1. The quantitative estimate of drug-likeness (QED) is 0.708. The Hall–Kier alpha value is -2.19. The number of carbonyl (C=O) groups is 1. The fraction of sp³-hybridized carbons (Fsp3) is 0.467. The molecule has 3 heterocycles. The molecule has 3 rings (SSSR count). The zero-order chi connectivity index (χ0) is 17.3. The van der Waals surface area contributed by atoms with Gasteiger partial charge in [0, 0.05) is 36.7 Å². The molecule has 2 aliphatic rings. The van der Waals surface area contributed by atoms with Crippen molar-refractivity contribution in [2.45, 2.75) is 31.0 Å². The van der Waals surface area contributed by atoms with Gasteiger partial charge in [-0.1, -0.05) is 11.6 Å². The van der Waals surface area contributed by atoms with Crippen LogP contribution in [-0.2, 0) is 10.5 Å². The normalized spacial score (nSPS) is 27.4. The van der Waals surface area contributed by atoms with Crippen LogP contribution >= 0.6 is 11.6 Å². The summed E-state index contributed by atoms with van der Waals surface area (Å²) in [6.45, 7) is 1.80. The Morgan fingerprint density at radius 3 is 2.71 bits per heavy atom. The first kappa shape index (κ1) is 16.7. The number of rotatable bonds is 3. The number of aromatic nitrogens is 1. The fourth-order valence-electron chi connectivity index (χ4n) is 3.18. The number of hydrogen-bond donors (Lipinski definition) is 3. The monoisotopic (exact) mass is 349 g/mol. The van der Waals surface area contributed by atoms with Gasteiger partial charge in [0.05, 0.1) is 0 Å². The first-order chi connectivity index (χ1) is 11.4. The Labute approximate surface area is 144 Å². The highest BCUT2D eigenvalue weighted by atomic mass is 35.5. The third-order valence-electron chi connectivity index (χ3n) is 4.37. The number of pyridine rings is 1. The van der Waals surface area contributed by atoms with E-state index in [9.17, 15) is 4.79 Å². The minimum atomic E-state index is -1.53. The van der Waals surface area contributed by atoms with Crippen LogP contribution in [0, 0.1) is 0 Å². The summed E-state index contributed by atoms with van der Waals surface area (Å²) in [4.78, 5) is 26.6. The van der Waals surface area contributed by atoms with Gasteiger partial charge in [-0.15, -0.1) is 0 Å². The summed E-state index contributed by atoms with van der Waals surface area (Å²) < 4.78 is 0. The Kier molecular flexibility index (Phi) is 4.42. The van der Waals surface area contributed by atoms with Crippen LogP contribution in [-0.4, -0.2) is 41.0 Å². The Balaban J connectivity index is 2.11. The summed E-state index contributed by atoms with van der Waals surface area (Å²) in [5, 5.41) is -0.0664. The summed E-state index contributed by atoms with van der Waals surface area (Å²) in [7, 11) is 0. The predicted molar refractivity (Wildman–Crippen MR) is 94.1 cm³/mol. The lowest BCUT2D eigenvalue weighted by atomic mass is 9.90. The molecule has 0 bridgehead atoms. The maximum atomic E-state index is 11.9. The molecule has 2 unspecified atom stereocenters. The van der Waals surface area contributed by atoms with Crippen molar-refractivity contribution in [3.63, 3.8) is 0 Å². The molecule has 2 atom stereocenters. The van der Waals surface area contributed by atoms with Gasteiger partial charge < -0.3 is 22.1 Å². The third kappa shape index (κ3) is 2.83. The SMILES string of the molecule is NC(=O)C1N=C(Cl)C(N)=NC1(N)c1cnccc1N1CCCCC1. The minimum absolute atomic E-state index is 0.0230. The molecule has 128 valence electrons. The molecule has 0 saturated carbocycles. The van der Waals surface area contributed by atoms with Crippen LogP contribution in [0.25, 0.3) is 0 Å². The number of amidine groups is 1. The second-order valence-electron chi connectivity index (χ2n) is 5.99. The van der Waals surface area contributed by atoms with E-state index in [0.29, 0.717) is 5.56 Å². The molecule has 0 spiro atoms. The standard InChI is InChI=1S/C15H20ClN7O/c16-12-13(17)22-15(19,11(21-12)14(18)24)9-8-20-5-4-10(9)23-6-2-1-3-7-23/h4-5,8,11H,1-3,6-7,19H2,(H2,17,22)(H2,18,24). The van der Waals surface area contributed by atoms with E-state index in [1.54, 1.807) is 12.4 Å². The zero-order valence-corrected chi connectivity index (χ0v) is 13.9. The highest BCUT2D eigenvalue weighted by Gasteiger charge is 2.46. The predicted octanol–water partition coefficient (Wildman–Crippen LogP) is 0.0454. The molecule has 1 amide bonds. The number of aliphatic imine (C=N–C) groups is 2. The van der Waals surface area contributed by atoms with Crippen LogP contribution in [0.4, 0.5) is 5.69 Å². The van der Waals surface area contributed by atoms with E-state index in [1.165, 1.54) is 6.42 Å². The second-order valence-corrected chi connectivity index (χ2v) is 6.35. The van der Waals surface area contributed by atoms with Crippen LogP contribution in [0.2, 0.25) is 0 Å². The van der Waals surface area contributed by atoms with Gasteiger partial charge in [-0.05, 0) is 25.3 Å². The van der Waals surface area contributed by atoms with E-state index in [0.717, 1.165) is 31.6 Å². The summed E-state index contributed by atoms with van der Waals surface area (Å²) in [6.07, 6.45) is 6.65. The number of carbonyl (C=O) groups excluding carboxylic acids is 1. The van der Waals surface area contributed by atoms with Crippen LogP contribution < -0.4 is 22.1 Å². The molecule has 1 saturated heterocycles. The first-order valence-electron chi connectivity index (χ1n) is 7.80. The van der Waals surface area contributed by atoms with Gasteiger partial charge in [0.25, 0.3) is 0 Å². The van der Waals surface area contributed by atoms with Crippen molar-refractivity contribution < 1.29 is 4.79 Å². The van der Waals surface area contributed by atoms with E-state index in [-0.39, 0.29) is 11.0 Å². The molecule has 8 nitrogen and oxygen atoms in total. The molecule has 1 fully saturated rings. The highest BCUT2D eigenvalue weighted by molar-refractivity contribution is 6.83. The number of primary amides is 1. The molecular weight excluding hydrogens is 330 g/mol. The topological polar surface area (TPSA) is 136 Å². The largest absolute Gasteiger partial charge is 0.381 e. The van der Waals surface area contributed by atoms with Crippen molar-refractivity contribution in [2.75, 3.05) is 18.0 Å². The van der Waals surface area contributed by atoms with E-state index in [2.05, 4.69) is 19.9 Å². The molecule has 24 heavy (non-hydrogen) atoms. The molecule has 0 aliphatic carbocycles. The van der Waals surface area contributed by atoms with Crippen LogP contribution in [0.5, 0.6) is 0 Å². The number of piperidine rings is 1. The molecule has 1 aromatic heterocycles. The highest BCUT2D eigenvalue weighted by Crippen LogP contribution is 2.36. The van der Waals surface area contributed by atoms with Gasteiger partial charge >= 0.3 is 0 Å². The van der Waals surface area contributed by atoms with Crippen molar-refractivity contribution in [1.29, 1.82) is 0 Å². The summed E-state index contributed by atoms with van der Waals surface area (Å²) >= 11 is 5.91. The lowest BCUT2D eigenvalue weighted by Gasteiger charge is -2.37. The number of halogens is 1. The minimum Gasteiger partial charge on any atom is -0.381 e. The summed E-state index contributed by atoms with van der Waals surface area (Å²) in [6, 6.07) is 0.712. The van der Waals surface area contributed by atoms with Gasteiger partial charge in [-0.3, -0.25) is 14.8 Å². The van der Waals surface area contributed by atoms with Crippen molar-refractivity contribution in [3.05, 3.63) is 24.0 Å². The molecule has 0 aromatic carbocycles.